The van der Waals surface area contributed by atoms with E-state index < -0.39 is 15.9 Å². The van der Waals surface area contributed by atoms with Gasteiger partial charge in [0.15, 0.2) is 0 Å². The summed E-state index contributed by atoms with van der Waals surface area (Å²) in [5.41, 5.74) is 3.45. The van der Waals surface area contributed by atoms with Crippen LogP contribution in [-0.4, -0.2) is 33.3 Å². The van der Waals surface area contributed by atoms with Crippen molar-refractivity contribution in [3.63, 3.8) is 0 Å². The van der Waals surface area contributed by atoms with Crippen LogP contribution in [0, 0.1) is 19.8 Å². The van der Waals surface area contributed by atoms with Gasteiger partial charge < -0.3 is 10.2 Å². The van der Waals surface area contributed by atoms with Crippen molar-refractivity contribution in [3.05, 3.63) is 53.6 Å². The van der Waals surface area contributed by atoms with Gasteiger partial charge >= 0.3 is 0 Å². The van der Waals surface area contributed by atoms with Crippen LogP contribution >= 0.6 is 0 Å². The lowest BCUT2D eigenvalue weighted by Crippen LogP contribution is -2.28. The molecule has 0 saturated carbocycles. The first kappa shape index (κ1) is 21.0. The van der Waals surface area contributed by atoms with Gasteiger partial charge in [0.1, 0.15) is 0 Å². The van der Waals surface area contributed by atoms with E-state index in [9.17, 15) is 18.0 Å². The average Bonchev–Trinajstić information content (AvgIpc) is 3.06. The molecule has 29 heavy (non-hydrogen) atoms. The summed E-state index contributed by atoms with van der Waals surface area (Å²) in [6.45, 7) is 6.28. The number of benzene rings is 2. The predicted octanol–water partition coefficient (Wildman–Crippen LogP) is 2.59. The van der Waals surface area contributed by atoms with E-state index in [2.05, 4.69) is 10.0 Å². The van der Waals surface area contributed by atoms with E-state index in [4.69, 9.17) is 0 Å². The molecule has 2 aromatic rings. The number of nitrogens with zero attached hydrogens (tertiary/aromatic N) is 1. The fourth-order valence-electron chi connectivity index (χ4n) is 3.38. The second kappa shape index (κ2) is 8.34. The molecule has 154 valence electrons. The van der Waals surface area contributed by atoms with E-state index in [1.165, 1.54) is 12.1 Å². The third-order valence-electron chi connectivity index (χ3n) is 5.13. The summed E-state index contributed by atoms with van der Waals surface area (Å²) in [7, 11) is -3.54. The molecule has 0 spiro atoms. The minimum Gasteiger partial charge on any atom is -0.326 e. The summed E-state index contributed by atoms with van der Waals surface area (Å²) in [5, 5.41) is 2.78. The number of hydrogen-bond donors (Lipinski definition) is 2. The first-order chi connectivity index (χ1) is 13.7. The van der Waals surface area contributed by atoms with Gasteiger partial charge in [-0.25, -0.2) is 13.1 Å². The molecule has 0 bridgehead atoms. The SMILES string of the molecule is CCNS(=O)(=O)c1ccc(NC(=O)C2CC(=O)N(c3cccc(C)c3C)C2)cc1. The third-order valence-corrected chi connectivity index (χ3v) is 6.69. The van der Waals surface area contributed by atoms with Crippen LogP contribution in [0.25, 0.3) is 0 Å². The van der Waals surface area contributed by atoms with Crippen molar-refractivity contribution in [2.45, 2.75) is 32.1 Å². The molecule has 7 nitrogen and oxygen atoms in total. The summed E-state index contributed by atoms with van der Waals surface area (Å²) in [5.74, 6) is -0.799. The van der Waals surface area contributed by atoms with Crippen molar-refractivity contribution in [1.29, 1.82) is 0 Å². The topological polar surface area (TPSA) is 95.6 Å². The zero-order valence-electron chi connectivity index (χ0n) is 16.7. The van der Waals surface area contributed by atoms with Gasteiger partial charge in [-0.15, -0.1) is 0 Å². The number of sulfonamides is 1. The lowest BCUT2D eigenvalue weighted by molar-refractivity contribution is -0.122. The van der Waals surface area contributed by atoms with Gasteiger partial charge in [0.25, 0.3) is 0 Å². The number of carbonyl (C=O) groups excluding carboxylic acids is 2. The Morgan fingerprint density at radius 2 is 1.83 bits per heavy atom. The molecule has 1 fully saturated rings. The largest absolute Gasteiger partial charge is 0.326 e. The number of nitrogens with one attached hydrogen (secondary N) is 2. The number of rotatable bonds is 6. The molecule has 3 rings (SSSR count). The van der Waals surface area contributed by atoms with Gasteiger partial charge in [-0.3, -0.25) is 9.59 Å². The lowest BCUT2D eigenvalue weighted by atomic mass is 10.1. The number of aryl methyl sites for hydroxylation is 1. The molecular weight excluding hydrogens is 390 g/mol. The molecule has 0 radical (unpaired) electrons. The maximum absolute atomic E-state index is 12.7. The normalized spacial score (nSPS) is 16.9. The Morgan fingerprint density at radius 3 is 2.48 bits per heavy atom. The third kappa shape index (κ3) is 4.49. The molecule has 2 aromatic carbocycles. The van der Waals surface area contributed by atoms with Crippen molar-refractivity contribution in [1.82, 2.24) is 4.72 Å². The molecule has 2 N–H and O–H groups in total. The molecule has 8 heteroatoms. The van der Waals surface area contributed by atoms with Crippen LogP contribution in [0.4, 0.5) is 11.4 Å². The first-order valence-electron chi connectivity index (χ1n) is 9.50. The highest BCUT2D eigenvalue weighted by Gasteiger charge is 2.35. The molecule has 2 amide bonds. The number of hydrogen-bond acceptors (Lipinski definition) is 4. The molecule has 1 heterocycles. The maximum Gasteiger partial charge on any atom is 0.240 e. The minimum atomic E-state index is -3.54. The van der Waals surface area contributed by atoms with Gasteiger partial charge in [0, 0.05) is 30.9 Å². The summed E-state index contributed by atoms with van der Waals surface area (Å²) in [6, 6.07) is 11.8. The zero-order chi connectivity index (χ0) is 21.2. The van der Waals surface area contributed by atoms with Crippen molar-refractivity contribution < 1.29 is 18.0 Å². The Labute approximate surface area is 171 Å². The van der Waals surface area contributed by atoms with E-state index in [1.807, 2.05) is 32.0 Å². The van der Waals surface area contributed by atoms with E-state index in [0.717, 1.165) is 16.8 Å². The van der Waals surface area contributed by atoms with E-state index >= 15 is 0 Å². The van der Waals surface area contributed by atoms with Crippen LogP contribution in [0.2, 0.25) is 0 Å². The average molecular weight is 416 g/mol. The molecule has 0 aromatic heterocycles. The lowest BCUT2D eigenvalue weighted by Gasteiger charge is -2.20. The van der Waals surface area contributed by atoms with E-state index in [1.54, 1.807) is 24.0 Å². The Kier molecular flexibility index (Phi) is 6.04. The Balaban J connectivity index is 1.69. The summed E-state index contributed by atoms with van der Waals surface area (Å²) in [4.78, 5) is 26.9. The van der Waals surface area contributed by atoms with Crippen molar-refractivity contribution in [3.8, 4) is 0 Å². The Hall–Kier alpha value is -2.71. The number of amides is 2. The molecule has 1 unspecified atom stereocenters. The van der Waals surface area contributed by atoms with E-state index in [-0.39, 0.29) is 23.1 Å². The summed E-state index contributed by atoms with van der Waals surface area (Å²) in [6.07, 6.45) is 0.145. The monoisotopic (exact) mass is 415 g/mol. The summed E-state index contributed by atoms with van der Waals surface area (Å²) >= 11 is 0. The maximum atomic E-state index is 12.7. The second-order valence-electron chi connectivity index (χ2n) is 7.14. The first-order valence-corrected chi connectivity index (χ1v) is 11.0. The molecule has 1 atom stereocenters. The zero-order valence-corrected chi connectivity index (χ0v) is 17.5. The van der Waals surface area contributed by atoms with Crippen LogP contribution in [0.1, 0.15) is 24.5 Å². The van der Waals surface area contributed by atoms with Crippen LogP contribution in [0.3, 0.4) is 0 Å². The second-order valence-corrected chi connectivity index (χ2v) is 8.91. The standard InChI is InChI=1S/C21H25N3O4S/c1-4-22-29(27,28)18-10-8-17(9-11-18)23-21(26)16-12-20(25)24(13-16)19-7-5-6-14(2)15(19)3/h5-11,16,22H,4,12-13H2,1-3H3,(H,23,26). The van der Waals surface area contributed by atoms with Crippen molar-refractivity contribution >= 4 is 33.2 Å². The summed E-state index contributed by atoms with van der Waals surface area (Å²) < 4.78 is 26.4. The van der Waals surface area contributed by atoms with Crippen LogP contribution in [-0.2, 0) is 19.6 Å². The molecular formula is C21H25N3O4S. The van der Waals surface area contributed by atoms with Gasteiger partial charge in [0.2, 0.25) is 21.8 Å². The molecule has 1 aliphatic heterocycles. The quantitative estimate of drug-likeness (QED) is 0.758. The number of carbonyl (C=O) groups is 2. The Morgan fingerprint density at radius 1 is 1.14 bits per heavy atom. The smallest absolute Gasteiger partial charge is 0.240 e. The van der Waals surface area contributed by atoms with Gasteiger partial charge in [-0.2, -0.15) is 0 Å². The Bertz CT molecular complexity index is 1030. The predicted molar refractivity (Wildman–Crippen MR) is 112 cm³/mol. The van der Waals surface area contributed by atoms with Crippen molar-refractivity contribution in [2.24, 2.45) is 5.92 Å². The van der Waals surface area contributed by atoms with Crippen molar-refractivity contribution in [2.75, 3.05) is 23.3 Å². The van der Waals surface area contributed by atoms with Crippen LogP contribution in [0.5, 0.6) is 0 Å². The molecule has 0 aliphatic carbocycles. The highest BCUT2D eigenvalue weighted by Crippen LogP contribution is 2.30. The molecule has 1 aliphatic rings. The molecule has 1 saturated heterocycles. The van der Waals surface area contributed by atoms with Gasteiger partial charge in [-0.1, -0.05) is 19.1 Å². The highest BCUT2D eigenvalue weighted by molar-refractivity contribution is 7.89. The van der Waals surface area contributed by atoms with E-state index in [0.29, 0.717) is 18.8 Å². The minimum absolute atomic E-state index is 0.0778. The fraction of sp³-hybridized carbons (Fsp3) is 0.333. The van der Waals surface area contributed by atoms with Gasteiger partial charge in [-0.05, 0) is 55.3 Å². The van der Waals surface area contributed by atoms with Crippen LogP contribution in [0.15, 0.2) is 47.4 Å². The highest BCUT2D eigenvalue weighted by atomic mass is 32.2. The van der Waals surface area contributed by atoms with Crippen LogP contribution < -0.4 is 14.9 Å². The number of anilines is 2. The van der Waals surface area contributed by atoms with Gasteiger partial charge in [0.05, 0.1) is 10.8 Å². The fourth-order valence-corrected chi connectivity index (χ4v) is 4.42.